The largest absolute Gasteiger partial charge is 0.493 e. The first-order valence-corrected chi connectivity index (χ1v) is 5.54. The summed E-state index contributed by atoms with van der Waals surface area (Å²) >= 11 is 0. The zero-order chi connectivity index (χ0) is 11.5. The Labute approximate surface area is 97.1 Å². The normalized spacial score (nSPS) is 22.8. The molecule has 16 heavy (non-hydrogen) atoms. The van der Waals surface area contributed by atoms with Crippen molar-refractivity contribution in [1.29, 1.82) is 0 Å². The predicted molar refractivity (Wildman–Crippen MR) is 66.4 cm³/mol. The first-order valence-electron chi connectivity index (χ1n) is 5.54. The molecule has 0 fully saturated rings. The van der Waals surface area contributed by atoms with Crippen LogP contribution in [0.2, 0.25) is 0 Å². The lowest BCUT2D eigenvalue weighted by Crippen LogP contribution is -2.26. The SMILES string of the molecule is C#CC[C@@H]1c2ccccc2OC[C@@H]1C(=C)C. The first-order chi connectivity index (χ1) is 7.74. The van der Waals surface area contributed by atoms with Gasteiger partial charge in [0, 0.05) is 18.3 Å². The van der Waals surface area contributed by atoms with E-state index in [0.717, 1.165) is 17.7 Å². The maximum atomic E-state index is 5.74. The standard InChI is InChI=1S/C15H16O/c1-4-7-12-13-8-5-6-9-15(13)16-10-14(12)11(2)3/h1,5-6,8-9,12,14H,2,7,10H2,3H3/t12-,14-/m1/s1. The van der Waals surface area contributed by atoms with Gasteiger partial charge in [-0.2, -0.15) is 0 Å². The van der Waals surface area contributed by atoms with Crippen molar-refractivity contribution in [2.75, 3.05) is 6.61 Å². The molecule has 0 amide bonds. The summed E-state index contributed by atoms with van der Waals surface area (Å²) in [5, 5.41) is 0. The minimum absolute atomic E-state index is 0.339. The van der Waals surface area contributed by atoms with E-state index in [4.69, 9.17) is 11.2 Å². The molecule has 0 aliphatic carbocycles. The summed E-state index contributed by atoms with van der Waals surface area (Å²) in [6.07, 6.45) is 6.21. The zero-order valence-electron chi connectivity index (χ0n) is 9.57. The van der Waals surface area contributed by atoms with Crippen molar-refractivity contribution in [3.8, 4) is 18.1 Å². The Morgan fingerprint density at radius 2 is 2.31 bits per heavy atom. The number of benzene rings is 1. The van der Waals surface area contributed by atoms with Gasteiger partial charge in [-0.05, 0) is 18.6 Å². The second-order valence-electron chi connectivity index (χ2n) is 4.32. The third kappa shape index (κ3) is 1.84. The Morgan fingerprint density at radius 1 is 1.56 bits per heavy atom. The molecule has 1 heteroatoms. The number of terminal acetylenes is 1. The topological polar surface area (TPSA) is 9.23 Å². The molecule has 0 saturated carbocycles. The van der Waals surface area contributed by atoms with Gasteiger partial charge in [0.25, 0.3) is 0 Å². The van der Waals surface area contributed by atoms with E-state index in [2.05, 4.69) is 18.6 Å². The molecule has 1 aliphatic rings. The highest BCUT2D eigenvalue weighted by atomic mass is 16.5. The van der Waals surface area contributed by atoms with E-state index in [0.29, 0.717) is 18.4 Å². The van der Waals surface area contributed by atoms with Crippen LogP contribution in [0.5, 0.6) is 5.75 Å². The maximum absolute atomic E-state index is 5.74. The number of hydrogen-bond donors (Lipinski definition) is 0. The molecule has 0 unspecified atom stereocenters. The summed E-state index contributed by atoms with van der Waals surface area (Å²) in [5.41, 5.74) is 2.37. The van der Waals surface area contributed by atoms with Gasteiger partial charge in [-0.15, -0.1) is 12.3 Å². The van der Waals surface area contributed by atoms with Crippen molar-refractivity contribution in [3.05, 3.63) is 42.0 Å². The highest BCUT2D eigenvalue weighted by Crippen LogP contribution is 2.41. The van der Waals surface area contributed by atoms with Gasteiger partial charge in [0.05, 0.1) is 6.61 Å². The predicted octanol–water partition coefficient (Wildman–Crippen LogP) is 3.38. The second-order valence-corrected chi connectivity index (χ2v) is 4.32. The van der Waals surface area contributed by atoms with Gasteiger partial charge in [-0.3, -0.25) is 0 Å². The number of hydrogen-bond acceptors (Lipinski definition) is 1. The molecule has 82 valence electrons. The Hall–Kier alpha value is -1.68. The zero-order valence-corrected chi connectivity index (χ0v) is 9.57. The number of fused-ring (bicyclic) bond motifs is 1. The van der Waals surface area contributed by atoms with Crippen LogP contribution in [-0.4, -0.2) is 6.61 Å². The van der Waals surface area contributed by atoms with Crippen molar-refractivity contribution in [2.45, 2.75) is 19.3 Å². The van der Waals surface area contributed by atoms with Crippen LogP contribution in [0.4, 0.5) is 0 Å². The second kappa shape index (κ2) is 4.45. The van der Waals surface area contributed by atoms with Gasteiger partial charge in [0.1, 0.15) is 5.75 Å². The van der Waals surface area contributed by atoms with Gasteiger partial charge in [-0.1, -0.05) is 30.4 Å². The minimum Gasteiger partial charge on any atom is -0.493 e. The Balaban J connectivity index is 2.40. The van der Waals surface area contributed by atoms with Crippen molar-refractivity contribution in [1.82, 2.24) is 0 Å². The monoisotopic (exact) mass is 212 g/mol. The summed E-state index contributed by atoms with van der Waals surface area (Å²) in [6, 6.07) is 8.14. The Bertz CT molecular complexity index is 439. The van der Waals surface area contributed by atoms with E-state index in [1.54, 1.807) is 0 Å². The average Bonchev–Trinajstić information content (AvgIpc) is 2.29. The fourth-order valence-corrected chi connectivity index (χ4v) is 2.30. The fraction of sp³-hybridized carbons (Fsp3) is 0.333. The molecule has 0 radical (unpaired) electrons. The molecule has 1 heterocycles. The van der Waals surface area contributed by atoms with Gasteiger partial charge in [0.15, 0.2) is 0 Å². The van der Waals surface area contributed by atoms with Crippen LogP contribution in [0.1, 0.15) is 24.8 Å². The third-order valence-electron chi connectivity index (χ3n) is 3.19. The molecule has 2 rings (SSSR count). The molecule has 1 aliphatic heterocycles. The van der Waals surface area contributed by atoms with Crippen LogP contribution in [0.15, 0.2) is 36.4 Å². The number of rotatable bonds is 2. The Kier molecular flexibility index (Phi) is 3.01. The summed E-state index contributed by atoms with van der Waals surface area (Å²) in [7, 11) is 0. The molecule has 0 N–H and O–H groups in total. The van der Waals surface area contributed by atoms with E-state index >= 15 is 0 Å². The Morgan fingerprint density at radius 3 is 3.00 bits per heavy atom. The first kappa shape index (κ1) is 10.8. The molecule has 0 bridgehead atoms. The van der Waals surface area contributed by atoms with E-state index in [1.165, 1.54) is 5.56 Å². The molecule has 1 nitrogen and oxygen atoms in total. The van der Waals surface area contributed by atoms with Gasteiger partial charge in [-0.25, -0.2) is 0 Å². The third-order valence-corrected chi connectivity index (χ3v) is 3.19. The average molecular weight is 212 g/mol. The quantitative estimate of drug-likeness (QED) is 0.539. The van der Waals surface area contributed by atoms with Gasteiger partial charge < -0.3 is 4.74 Å². The van der Waals surface area contributed by atoms with E-state index in [1.807, 2.05) is 25.1 Å². The van der Waals surface area contributed by atoms with E-state index < -0.39 is 0 Å². The van der Waals surface area contributed by atoms with Crippen LogP contribution in [0.25, 0.3) is 0 Å². The lowest BCUT2D eigenvalue weighted by molar-refractivity contribution is 0.217. The van der Waals surface area contributed by atoms with E-state index in [9.17, 15) is 0 Å². The molecule has 2 atom stereocenters. The summed E-state index contributed by atoms with van der Waals surface area (Å²) < 4.78 is 5.74. The number of para-hydroxylation sites is 1. The minimum atomic E-state index is 0.339. The molecular formula is C15H16O. The van der Waals surface area contributed by atoms with Crippen LogP contribution in [0.3, 0.4) is 0 Å². The fourth-order valence-electron chi connectivity index (χ4n) is 2.30. The molecule has 0 saturated heterocycles. The van der Waals surface area contributed by atoms with Crippen LogP contribution >= 0.6 is 0 Å². The van der Waals surface area contributed by atoms with E-state index in [-0.39, 0.29) is 0 Å². The maximum Gasteiger partial charge on any atom is 0.122 e. The van der Waals surface area contributed by atoms with Crippen LogP contribution < -0.4 is 4.74 Å². The number of ether oxygens (including phenoxy) is 1. The van der Waals surface area contributed by atoms with Crippen LogP contribution in [0, 0.1) is 18.3 Å². The van der Waals surface area contributed by atoms with Crippen molar-refractivity contribution in [3.63, 3.8) is 0 Å². The van der Waals surface area contributed by atoms with Crippen molar-refractivity contribution < 1.29 is 4.74 Å². The summed E-state index contributed by atoms with van der Waals surface area (Å²) in [6.45, 7) is 6.78. The smallest absolute Gasteiger partial charge is 0.122 e. The molecule has 0 spiro atoms. The van der Waals surface area contributed by atoms with Crippen LogP contribution in [-0.2, 0) is 0 Å². The highest BCUT2D eigenvalue weighted by Gasteiger charge is 2.30. The molecule has 1 aromatic carbocycles. The lowest BCUT2D eigenvalue weighted by atomic mass is 9.79. The molecule has 0 aromatic heterocycles. The summed E-state index contributed by atoms with van der Waals surface area (Å²) in [4.78, 5) is 0. The van der Waals surface area contributed by atoms with Gasteiger partial charge >= 0.3 is 0 Å². The molecule has 1 aromatic rings. The molecular weight excluding hydrogens is 196 g/mol. The van der Waals surface area contributed by atoms with Gasteiger partial charge in [0.2, 0.25) is 0 Å². The summed E-state index contributed by atoms with van der Waals surface area (Å²) in [5.74, 6) is 4.43. The van der Waals surface area contributed by atoms with Crippen molar-refractivity contribution in [2.24, 2.45) is 5.92 Å². The highest BCUT2D eigenvalue weighted by molar-refractivity contribution is 5.40. The van der Waals surface area contributed by atoms with Crippen molar-refractivity contribution >= 4 is 0 Å². The lowest BCUT2D eigenvalue weighted by Gasteiger charge is -2.33.